The molecule has 1 atom stereocenters. The van der Waals surface area contributed by atoms with Gasteiger partial charge in [0, 0.05) is 39.3 Å². The maximum Gasteiger partial charge on any atom is 0.154 e. The smallest absolute Gasteiger partial charge is 0.154 e. The average molecular weight is 218 g/mol. The third-order valence-electron chi connectivity index (χ3n) is 1.44. The van der Waals surface area contributed by atoms with Gasteiger partial charge in [0.15, 0.2) is 6.29 Å². The Labute approximate surface area is 87.5 Å². The standard InChI is InChI=1S/C7H13O2.Y/c1-2-8-7-5-3-4-6-9-7;/h7H,1-6H2;/q-1;. The van der Waals surface area contributed by atoms with Crippen LogP contribution in [0.1, 0.15) is 19.3 Å². The van der Waals surface area contributed by atoms with Gasteiger partial charge in [-0.15, -0.1) is 0 Å². The molecule has 1 fully saturated rings. The van der Waals surface area contributed by atoms with Crippen LogP contribution in [0, 0.1) is 6.92 Å². The van der Waals surface area contributed by atoms with Crippen LogP contribution < -0.4 is 0 Å². The maximum atomic E-state index is 5.26. The molecule has 2 nitrogen and oxygen atoms in total. The van der Waals surface area contributed by atoms with Crippen molar-refractivity contribution in [1.29, 1.82) is 0 Å². The molecule has 1 rings (SSSR count). The van der Waals surface area contributed by atoms with Crippen molar-refractivity contribution in [3.8, 4) is 0 Å². The molecule has 0 amide bonds. The summed E-state index contributed by atoms with van der Waals surface area (Å²) in [5.74, 6) is 0. The van der Waals surface area contributed by atoms with E-state index in [4.69, 9.17) is 9.47 Å². The first kappa shape index (κ1) is 11.0. The second kappa shape index (κ2) is 6.72. The Morgan fingerprint density at radius 2 is 2.30 bits per heavy atom. The van der Waals surface area contributed by atoms with Crippen LogP contribution in [0.2, 0.25) is 0 Å². The van der Waals surface area contributed by atoms with Crippen LogP contribution in [0.15, 0.2) is 0 Å². The predicted molar refractivity (Wildman–Crippen MR) is 34.9 cm³/mol. The van der Waals surface area contributed by atoms with Crippen LogP contribution in [-0.4, -0.2) is 19.5 Å². The van der Waals surface area contributed by atoms with Crippen LogP contribution in [0.25, 0.3) is 0 Å². The molecule has 1 saturated heterocycles. The van der Waals surface area contributed by atoms with Crippen molar-refractivity contribution in [2.75, 3.05) is 13.2 Å². The monoisotopic (exact) mass is 218 g/mol. The number of hydrogen-bond acceptors (Lipinski definition) is 2. The minimum atomic E-state index is 0. The quantitative estimate of drug-likeness (QED) is 0.651. The summed E-state index contributed by atoms with van der Waals surface area (Å²) in [6.07, 6.45) is 3.48. The van der Waals surface area contributed by atoms with Gasteiger partial charge in [0.25, 0.3) is 0 Å². The molecule has 0 aromatic rings. The van der Waals surface area contributed by atoms with Gasteiger partial charge < -0.3 is 16.4 Å². The van der Waals surface area contributed by atoms with Crippen LogP contribution in [0.3, 0.4) is 0 Å². The van der Waals surface area contributed by atoms with Crippen LogP contribution in [0.5, 0.6) is 0 Å². The molecule has 0 aliphatic carbocycles. The van der Waals surface area contributed by atoms with Crippen LogP contribution in [-0.2, 0) is 42.2 Å². The van der Waals surface area contributed by atoms with Crippen molar-refractivity contribution in [3.63, 3.8) is 0 Å². The van der Waals surface area contributed by atoms with E-state index in [1.54, 1.807) is 0 Å². The Hall–Kier alpha value is 1.02. The summed E-state index contributed by atoms with van der Waals surface area (Å²) in [6, 6.07) is 0. The molecule has 0 saturated carbocycles. The van der Waals surface area contributed by atoms with Gasteiger partial charge in [-0.25, -0.2) is 0 Å². The molecule has 3 heteroatoms. The van der Waals surface area contributed by atoms with Crippen molar-refractivity contribution >= 4 is 0 Å². The van der Waals surface area contributed by atoms with E-state index in [1.807, 2.05) is 0 Å². The predicted octanol–water partition coefficient (Wildman–Crippen LogP) is 1.36. The molecule has 1 aliphatic heterocycles. The Morgan fingerprint density at radius 1 is 1.50 bits per heavy atom. The summed E-state index contributed by atoms with van der Waals surface area (Å²) in [6.45, 7) is 4.95. The van der Waals surface area contributed by atoms with Gasteiger partial charge in [-0.3, -0.25) is 0 Å². The van der Waals surface area contributed by atoms with Gasteiger partial charge in [0.1, 0.15) is 0 Å². The van der Waals surface area contributed by atoms with E-state index < -0.39 is 0 Å². The summed E-state index contributed by atoms with van der Waals surface area (Å²) in [7, 11) is 0. The summed E-state index contributed by atoms with van der Waals surface area (Å²) < 4.78 is 10.4. The van der Waals surface area contributed by atoms with Crippen molar-refractivity contribution in [2.24, 2.45) is 0 Å². The van der Waals surface area contributed by atoms with E-state index >= 15 is 0 Å². The van der Waals surface area contributed by atoms with Gasteiger partial charge in [-0.05, 0) is 19.3 Å². The summed E-state index contributed by atoms with van der Waals surface area (Å²) in [4.78, 5) is 0. The topological polar surface area (TPSA) is 18.5 Å². The summed E-state index contributed by atoms with van der Waals surface area (Å²) in [5.41, 5.74) is 0. The zero-order chi connectivity index (χ0) is 6.53. The van der Waals surface area contributed by atoms with Gasteiger partial charge in [0.05, 0.1) is 0 Å². The normalized spacial score (nSPS) is 25.5. The maximum absolute atomic E-state index is 5.26. The van der Waals surface area contributed by atoms with E-state index in [9.17, 15) is 0 Å². The van der Waals surface area contributed by atoms with Crippen molar-refractivity contribution in [3.05, 3.63) is 6.92 Å². The number of hydrogen-bond donors (Lipinski definition) is 0. The molecule has 57 valence electrons. The van der Waals surface area contributed by atoms with Gasteiger partial charge in [0.2, 0.25) is 0 Å². The molecule has 0 aromatic carbocycles. The first-order valence-electron chi connectivity index (χ1n) is 3.46. The van der Waals surface area contributed by atoms with E-state index in [2.05, 4.69) is 6.92 Å². The second-order valence-corrected chi connectivity index (χ2v) is 2.17. The fraction of sp³-hybridized carbons (Fsp3) is 0.857. The van der Waals surface area contributed by atoms with Crippen LogP contribution >= 0.6 is 0 Å². The molecule has 0 aromatic heterocycles. The third kappa shape index (κ3) is 4.02. The van der Waals surface area contributed by atoms with Gasteiger partial charge in [-0.1, -0.05) is 6.61 Å². The third-order valence-corrected chi connectivity index (χ3v) is 1.44. The molecule has 10 heavy (non-hydrogen) atoms. The number of rotatable bonds is 2. The molecule has 1 aliphatic rings. The SMILES string of the molecule is [CH2-]COC1CCCCO1.[Y]. The molecular weight excluding hydrogens is 205 g/mol. The molecule has 0 spiro atoms. The van der Waals surface area contributed by atoms with E-state index in [0.717, 1.165) is 13.0 Å². The zero-order valence-electron chi connectivity index (χ0n) is 6.21. The molecule has 1 radical (unpaired) electrons. The van der Waals surface area contributed by atoms with Crippen molar-refractivity contribution < 1.29 is 42.2 Å². The zero-order valence-corrected chi connectivity index (χ0v) is 9.05. The van der Waals surface area contributed by atoms with Crippen molar-refractivity contribution in [1.82, 2.24) is 0 Å². The minimum Gasteiger partial charge on any atom is -0.385 e. The van der Waals surface area contributed by atoms with Gasteiger partial charge in [-0.2, -0.15) is 0 Å². The molecular formula is C7H13O2Y-. The van der Waals surface area contributed by atoms with Crippen LogP contribution in [0.4, 0.5) is 0 Å². The molecule has 1 heterocycles. The van der Waals surface area contributed by atoms with E-state index in [-0.39, 0.29) is 39.0 Å². The fourth-order valence-electron chi connectivity index (χ4n) is 0.974. The Bertz CT molecular complexity index is 69.3. The number of ether oxygens (including phenoxy) is 2. The Morgan fingerprint density at radius 3 is 2.80 bits per heavy atom. The van der Waals surface area contributed by atoms with E-state index in [0.29, 0.717) is 6.61 Å². The van der Waals surface area contributed by atoms with Gasteiger partial charge >= 0.3 is 0 Å². The Kier molecular flexibility index (Phi) is 7.40. The average Bonchev–Trinajstić information content (AvgIpc) is 1.91. The first-order chi connectivity index (χ1) is 4.43. The minimum absolute atomic E-state index is 0. The summed E-state index contributed by atoms with van der Waals surface area (Å²) >= 11 is 0. The molecule has 1 unspecified atom stereocenters. The second-order valence-electron chi connectivity index (χ2n) is 2.17. The first-order valence-corrected chi connectivity index (χ1v) is 3.46. The van der Waals surface area contributed by atoms with E-state index in [1.165, 1.54) is 12.8 Å². The summed E-state index contributed by atoms with van der Waals surface area (Å²) in [5, 5.41) is 0. The largest absolute Gasteiger partial charge is 0.385 e. The van der Waals surface area contributed by atoms with Crippen molar-refractivity contribution in [2.45, 2.75) is 25.6 Å². The molecule has 0 N–H and O–H groups in total. The molecule has 0 bridgehead atoms. The fourth-order valence-corrected chi connectivity index (χ4v) is 0.974. The Balaban J connectivity index is 0.000000810.